The van der Waals surface area contributed by atoms with E-state index in [0.717, 1.165) is 18.6 Å². The van der Waals surface area contributed by atoms with E-state index in [9.17, 15) is 8.42 Å². The predicted octanol–water partition coefficient (Wildman–Crippen LogP) is 1.31. The summed E-state index contributed by atoms with van der Waals surface area (Å²) in [6.45, 7) is 0.423. The number of thioether (sulfide) groups is 1. The maximum Gasteiger partial charge on any atom is 0.242 e. The third kappa shape index (κ3) is 3.41. The van der Waals surface area contributed by atoms with Gasteiger partial charge in [-0.05, 0) is 36.8 Å². The van der Waals surface area contributed by atoms with Gasteiger partial charge < -0.3 is 5.73 Å². The lowest BCUT2D eigenvalue weighted by Crippen LogP contribution is -2.30. The number of nitrogens with zero attached hydrogens (tertiary/aromatic N) is 1. The van der Waals surface area contributed by atoms with Gasteiger partial charge in [0.05, 0.1) is 17.3 Å². The molecule has 1 aliphatic rings. The Kier molecular flexibility index (Phi) is 4.34. The van der Waals surface area contributed by atoms with E-state index in [1.54, 1.807) is 11.8 Å². The molecule has 1 heterocycles. The molecule has 0 amide bonds. The highest BCUT2D eigenvalue weighted by Crippen LogP contribution is 2.26. The number of hydrogen-bond acceptors (Lipinski definition) is 5. The highest BCUT2D eigenvalue weighted by atomic mass is 32.2. The minimum Gasteiger partial charge on any atom is -0.398 e. The van der Waals surface area contributed by atoms with E-state index < -0.39 is 10.0 Å². The highest BCUT2D eigenvalue weighted by Gasteiger charge is 2.21. The van der Waals surface area contributed by atoms with E-state index in [-0.39, 0.29) is 10.6 Å². The third-order valence-corrected chi connectivity index (χ3v) is 5.85. The summed E-state index contributed by atoms with van der Waals surface area (Å²) in [4.78, 5) is 0.0366. The van der Waals surface area contributed by atoms with E-state index in [4.69, 9.17) is 11.0 Å². The molecule has 1 atom stereocenters. The average Bonchev–Trinajstić information content (AvgIpc) is 2.89. The molecule has 1 aromatic rings. The SMILES string of the molecule is N#Cc1ccc(S(=O)(=O)NCC2CCCS2)c(N)c1. The van der Waals surface area contributed by atoms with Gasteiger partial charge in [-0.1, -0.05) is 0 Å². The van der Waals surface area contributed by atoms with Crippen molar-refractivity contribution in [3.05, 3.63) is 23.8 Å². The first-order chi connectivity index (χ1) is 9.03. The second-order valence-corrected chi connectivity index (χ2v) is 7.49. The Labute approximate surface area is 117 Å². The first-order valence-corrected chi connectivity index (χ1v) is 8.47. The quantitative estimate of drug-likeness (QED) is 0.817. The van der Waals surface area contributed by atoms with Gasteiger partial charge in [-0.2, -0.15) is 17.0 Å². The Bertz CT molecular complexity index is 602. The maximum absolute atomic E-state index is 12.1. The number of nitrogen functional groups attached to an aromatic ring is 1. The van der Waals surface area contributed by atoms with E-state index >= 15 is 0 Å². The van der Waals surface area contributed by atoms with Crippen LogP contribution < -0.4 is 10.5 Å². The Hall–Kier alpha value is -1.23. The van der Waals surface area contributed by atoms with Gasteiger partial charge in [0.1, 0.15) is 4.90 Å². The minimum absolute atomic E-state index is 0.0366. The largest absolute Gasteiger partial charge is 0.398 e. The van der Waals surface area contributed by atoms with E-state index in [1.807, 2.05) is 6.07 Å². The van der Waals surface area contributed by atoms with Gasteiger partial charge in [0.2, 0.25) is 10.0 Å². The van der Waals surface area contributed by atoms with Crippen LogP contribution in [-0.4, -0.2) is 26.0 Å². The predicted molar refractivity (Wildman–Crippen MR) is 76.2 cm³/mol. The van der Waals surface area contributed by atoms with Crippen LogP contribution in [0.25, 0.3) is 0 Å². The van der Waals surface area contributed by atoms with Crippen molar-refractivity contribution in [2.45, 2.75) is 23.0 Å². The molecule has 1 unspecified atom stereocenters. The van der Waals surface area contributed by atoms with Gasteiger partial charge in [-0.15, -0.1) is 0 Å². The van der Waals surface area contributed by atoms with Crippen LogP contribution in [0.3, 0.4) is 0 Å². The van der Waals surface area contributed by atoms with Gasteiger partial charge in [0.15, 0.2) is 0 Å². The molecule has 0 aliphatic carbocycles. The molecule has 0 aromatic heterocycles. The Morgan fingerprint density at radius 2 is 2.32 bits per heavy atom. The van der Waals surface area contributed by atoms with Crippen molar-refractivity contribution in [1.29, 1.82) is 5.26 Å². The maximum atomic E-state index is 12.1. The Morgan fingerprint density at radius 3 is 2.89 bits per heavy atom. The van der Waals surface area contributed by atoms with Crippen molar-refractivity contribution in [3.8, 4) is 6.07 Å². The fourth-order valence-electron chi connectivity index (χ4n) is 1.95. The number of nitrogens with one attached hydrogen (secondary N) is 1. The van der Waals surface area contributed by atoms with Crippen molar-refractivity contribution in [2.24, 2.45) is 0 Å². The van der Waals surface area contributed by atoms with Crippen LogP contribution in [0.4, 0.5) is 5.69 Å². The molecule has 1 aromatic carbocycles. The molecule has 7 heteroatoms. The molecule has 1 saturated heterocycles. The number of hydrogen-bond donors (Lipinski definition) is 2. The number of rotatable bonds is 4. The molecule has 102 valence electrons. The summed E-state index contributed by atoms with van der Waals surface area (Å²) in [5.74, 6) is 1.09. The molecule has 0 radical (unpaired) electrons. The van der Waals surface area contributed by atoms with E-state index in [1.165, 1.54) is 18.2 Å². The molecule has 1 fully saturated rings. The first kappa shape index (κ1) is 14.2. The molecule has 2 rings (SSSR count). The lowest BCUT2D eigenvalue weighted by atomic mass is 10.2. The second-order valence-electron chi connectivity index (χ2n) is 4.35. The lowest BCUT2D eigenvalue weighted by Gasteiger charge is -2.12. The van der Waals surface area contributed by atoms with E-state index in [0.29, 0.717) is 17.4 Å². The zero-order valence-corrected chi connectivity index (χ0v) is 11.9. The number of nitriles is 1. The third-order valence-electron chi connectivity index (χ3n) is 2.95. The van der Waals surface area contributed by atoms with Gasteiger partial charge in [0.25, 0.3) is 0 Å². The zero-order chi connectivity index (χ0) is 13.9. The molecular weight excluding hydrogens is 282 g/mol. The van der Waals surface area contributed by atoms with Gasteiger partial charge >= 0.3 is 0 Å². The summed E-state index contributed by atoms with van der Waals surface area (Å²) >= 11 is 1.79. The summed E-state index contributed by atoms with van der Waals surface area (Å²) in [5, 5.41) is 9.07. The van der Waals surface area contributed by atoms with Crippen molar-refractivity contribution in [1.82, 2.24) is 4.72 Å². The Morgan fingerprint density at radius 1 is 1.53 bits per heavy atom. The van der Waals surface area contributed by atoms with Gasteiger partial charge in [0, 0.05) is 11.8 Å². The minimum atomic E-state index is -3.60. The molecule has 19 heavy (non-hydrogen) atoms. The van der Waals surface area contributed by atoms with Crippen LogP contribution in [-0.2, 0) is 10.0 Å². The average molecular weight is 297 g/mol. The van der Waals surface area contributed by atoms with Crippen molar-refractivity contribution in [2.75, 3.05) is 18.0 Å². The normalized spacial score (nSPS) is 19.2. The summed E-state index contributed by atoms with van der Waals surface area (Å²) in [6, 6.07) is 6.13. The topological polar surface area (TPSA) is 96.0 Å². The van der Waals surface area contributed by atoms with Crippen molar-refractivity contribution >= 4 is 27.5 Å². The molecule has 0 spiro atoms. The monoisotopic (exact) mass is 297 g/mol. The molecular formula is C12H15N3O2S2. The zero-order valence-electron chi connectivity index (χ0n) is 10.3. The molecule has 5 nitrogen and oxygen atoms in total. The van der Waals surface area contributed by atoms with Crippen LogP contribution in [0.15, 0.2) is 23.1 Å². The fraction of sp³-hybridized carbons (Fsp3) is 0.417. The van der Waals surface area contributed by atoms with Crippen molar-refractivity contribution in [3.63, 3.8) is 0 Å². The summed E-state index contributed by atoms with van der Waals surface area (Å²) in [6.07, 6.45) is 2.17. The number of anilines is 1. The molecule has 1 aliphatic heterocycles. The van der Waals surface area contributed by atoms with E-state index in [2.05, 4.69) is 4.72 Å². The molecule has 3 N–H and O–H groups in total. The van der Waals surface area contributed by atoms with Gasteiger partial charge in [-0.25, -0.2) is 13.1 Å². The van der Waals surface area contributed by atoms with Crippen LogP contribution in [0.5, 0.6) is 0 Å². The number of nitrogens with two attached hydrogens (primary N) is 1. The highest BCUT2D eigenvalue weighted by molar-refractivity contribution is 8.00. The lowest BCUT2D eigenvalue weighted by molar-refractivity contribution is 0.579. The molecule has 0 saturated carbocycles. The van der Waals surface area contributed by atoms with Crippen LogP contribution >= 0.6 is 11.8 Å². The number of benzene rings is 1. The van der Waals surface area contributed by atoms with Crippen molar-refractivity contribution < 1.29 is 8.42 Å². The standard InChI is InChI=1S/C12H15N3O2S2/c13-7-9-3-4-12(11(14)6-9)19(16,17)15-8-10-2-1-5-18-10/h3-4,6,10,15H,1-2,5,8,14H2. The van der Waals surface area contributed by atoms with Gasteiger partial charge in [-0.3, -0.25) is 0 Å². The molecule has 0 bridgehead atoms. The second kappa shape index (κ2) is 5.82. The van der Waals surface area contributed by atoms with Crippen LogP contribution in [0.2, 0.25) is 0 Å². The smallest absolute Gasteiger partial charge is 0.242 e. The summed E-state index contributed by atoms with van der Waals surface area (Å²) in [5.41, 5.74) is 6.14. The fourth-order valence-corrected chi connectivity index (χ4v) is 4.45. The first-order valence-electron chi connectivity index (χ1n) is 5.94. The summed E-state index contributed by atoms with van der Waals surface area (Å²) in [7, 11) is -3.60. The number of sulfonamides is 1. The van der Waals surface area contributed by atoms with Crippen LogP contribution in [0.1, 0.15) is 18.4 Å². The summed E-state index contributed by atoms with van der Waals surface area (Å²) < 4.78 is 26.8. The van der Waals surface area contributed by atoms with Crippen LogP contribution in [0, 0.1) is 11.3 Å². The Balaban J connectivity index is 2.12.